The van der Waals surface area contributed by atoms with Crippen molar-refractivity contribution in [2.75, 3.05) is 0 Å². The number of carbonyl (C=O) groups is 4. The highest BCUT2D eigenvalue weighted by atomic mass is 16.9. The molecular weight excluding hydrogens is 1320 g/mol. The van der Waals surface area contributed by atoms with Crippen LogP contribution in [0.4, 0.5) is 11.4 Å². The lowest BCUT2D eigenvalue weighted by Gasteiger charge is -2.26. The topological polar surface area (TPSA) is 289 Å². The van der Waals surface area contributed by atoms with Gasteiger partial charge in [-0.3, -0.25) is 19.2 Å². The number of hydrogen-bond donors (Lipinski definition) is 4. The van der Waals surface area contributed by atoms with E-state index in [2.05, 4.69) is 21.3 Å². The molecule has 4 N–H and O–H groups in total. The summed E-state index contributed by atoms with van der Waals surface area (Å²) >= 11 is 0. The van der Waals surface area contributed by atoms with Crippen LogP contribution in [0, 0.1) is 0 Å². The van der Waals surface area contributed by atoms with E-state index in [9.17, 15) is 19.2 Å². The second-order valence-corrected chi connectivity index (χ2v) is 28.2. The molecule has 8 saturated heterocycles. The summed E-state index contributed by atoms with van der Waals surface area (Å²) in [5.41, 5.74) is 6.64. The van der Waals surface area contributed by atoms with Crippen LogP contribution in [-0.4, -0.2) is 145 Å². The number of rotatable bonds is 26. The van der Waals surface area contributed by atoms with E-state index in [1.54, 1.807) is 79.7 Å². The van der Waals surface area contributed by atoms with Crippen LogP contribution in [0.1, 0.15) is 99.9 Å². The minimum absolute atomic E-state index is 0.0883. The number of carbonyl (C=O) groups excluding carboxylic acids is 4. The first-order chi connectivity index (χ1) is 49.0. The zero-order valence-electron chi connectivity index (χ0n) is 58.0. The summed E-state index contributed by atoms with van der Waals surface area (Å²) < 4.78 is 102. The van der Waals surface area contributed by atoms with E-state index in [1.165, 1.54) is 0 Å². The molecule has 8 aliphatic heterocycles. The number of amides is 4. The van der Waals surface area contributed by atoms with Gasteiger partial charge in [-0.25, -0.2) is 0 Å². The first kappa shape index (κ1) is 71.2. The van der Waals surface area contributed by atoms with Crippen LogP contribution in [0.2, 0.25) is 0 Å². The highest BCUT2D eigenvalue weighted by Crippen LogP contribution is 2.44. The molecule has 16 atom stereocenters. The summed E-state index contributed by atoms with van der Waals surface area (Å²) in [7, 11) is 0. The van der Waals surface area contributed by atoms with Crippen molar-refractivity contribution in [3.05, 3.63) is 202 Å². The van der Waals surface area contributed by atoms with E-state index in [-0.39, 0.29) is 52.6 Å². The molecule has 0 unspecified atom stereocenters. The molecule has 0 radical (unpaired) electrons. The Bertz CT molecular complexity index is 3470. The van der Waals surface area contributed by atoms with E-state index in [1.807, 2.05) is 133 Å². The van der Waals surface area contributed by atoms with Gasteiger partial charge in [0.25, 0.3) is 23.6 Å². The normalized spacial score (nSPS) is 30.4. The molecule has 8 aliphatic rings. The Morgan fingerprint density at radius 1 is 0.314 bits per heavy atom. The number of ether oxygens (including phenoxy) is 16. The average molecular weight is 1400 g/mol. The maximum Gasteiger partial charge on any atom is 0.252 e. The van der Waals surface area contributed by atoms with Gasteiger partial charge in [-0.05, 0) is 124 Å². The van der Waals surface area contributed by atoms with Crippen LogP contribution in [-0.2, 0) is 148 Å². The summed E-state index contributed by atoms with van der Waals surface area (Å²) in [6.45, 7) is 14.8. The summed E-state index contributed by atoms with van der Waals surface area (Å²) in [5, 5.41) is 21.7. The second-order valence-electron chi connectivity index (χ2n) is 28.2. The van der Waals surface area contributed by atoms with Gasteiger partial charge in [-0.1, -0.05) is 133 Å². The largest absolute Gasteiger partial charge is 0.367 e. The van der Waals surface area contributed by atoms with Crippen LogP contribution in [0.15, 0.2) is 168 Å². The van der Waals surface area contributed by atoms with E-state index in [4.69, 9.17) is 86.0 Å². The number of benzene rings is 6. The van der Waals surface area contributed by atoms with Crippen LogP contribution in [0.5, 0.6) is 0 Å². The van der Waals surface area contributed by atoms with E-state index < -0.39 is 145 Å². The SMILES string of the molecule is CC1(C)O[C@H]2O[C@H](C(=O)NCc3ccccc3)[C@@H](OCc3cc(CO[C@H]4[C@H]5OC(C)(C)O[C@H]5O[C@@H]4C(=O)NCc4ccccc4)cc(N=Nc4cc(CO[C@H]5[C@H]6OC(C)(C)O[C@H]6O[C@@H]5C(=O)NCc5ccccc5)cc(CO[C@H]5[C@H]6OC(C)(C)O[C@H]6O[C@@H]5C(=O)NCc5ccccc5)c4)c3)[C@H]2O1. The lowest BCUT2D eigenvalue weighted by atomic mass is 10.1. The quantitative estimate of drug-likeness (QED) is 0.0371. The fourth-order valence-corrected chi connectivity index (χ4v) is 13.9. The van der Waals surface area contributed by atoms with Gasteiger partial charge in [0.05, 0.1) is 37.8 Å². The first-order valence-corrected chi connectivity index (χ1v) is 34.5. The Labute approximate surface area is 590 Å². The fourth-order valence-electron chi connectivity index (χ4n) is 13.9. The van der Waals surface area contributed by atoms with Crippen molar-refractivity contribution in [1.29, 1.82) is 0 Å². The monoisotopic (exact) mass is 1400 g/mol. The number of hydrogen-bond acceptors (Lipinski definition) is 22. The van der Waals surface area contributed by atoms with Gasteiger partial charge >= 0.3 is 0 Å². The van der Waals surface area contributed by atoms with Crippen molar-refractivity contribution >= 4 is 35.0 Å². The predicted molar refractivity (Wildman–Crippen MR) is 359 cm³/mol. The van der Waals surface area contributed by atoms with Gasteiger partial charge in [0.15, 0.2) is 72.7 Å². The van der Waals surface area contributed by atoms with E-state index in [0.29, 0.717) is 33.6 Å². The minimum atomic E-state index is -1.12. The molecule has 26 nitrogen and oxygen atoms in total. The number of azo groups is 1. The molecule has 102 heavy (non-hydrogen) atoms. The lowest BCUT2D eigenvalue weighted by molar-refractivity contribution is -0.219. The molecule has 26 heteroatoms. The van der Waals surface area contributed by atoms with Crippen LogP contribution < -0.4 is 21.3 Å². The summed E-state index contributed by atoms with van der Waals surface area (Å²) in [6.07, 6.45) is -15.0. The zero-order valence-corrected chi connectivity index (χ0v) is 58.0. The molecule has 8 heterocycles. The van der Waals surface area contributed by atoms with E-state index in [0.717, 1.165) is 22.3 Å². The van der Waals surface area contributed by atoms with Gasteiger partial charge in [-0.2, -0.15) is 10.2 Å². The van der Waals surface area contributed by atoms with E-state index >= 15 is 0 Å². The van der Waals surface area contributed by atoms with Crippen molar-refractivity contribution in [2.45, 2.75) is 230 Å². The molecular formula is C76H86N6O20. The van der Waals surface area contributed by atoms with Crippen LogP contribution in [0.25, 0.3) is 0 Å². The molecule has 0 aliphatic carbocycles. The standard InChI is InChI=1S/C76H86N6O20/c1-73(2)95-61-53(57(91-69(61)99-73)65(83)77-35-43-21-13-9-14-22-43)87-39-47-29-48(40-88-54-58(92-70-62(54)96-74(3,4)100-70)66(84)78-36-44-23-15-10-16-24-44)32-51(31-47)81-82-52-33-49(41-89-55-59(93-71-63(55)97-75(5,6)101-71)67(85)79-37-45-25-17-11-18-26-45)30-50(34-52)42-90-56-60(94-72-64(56)98-76(7,8)102-72)68(86)80-38-46-27-19-12-20-28-46/h9-34,53-64,69-72H,35-42H2,1-8H3,(H,77,83)(H,78,84)(H,79,85)(H,80,86)/t53-,54-,55-,56-,57+,58+,59+,60+,61-,62-,63-,64-,69-,70-,71-,72-/m1/s1. The number of nitrogens with one attached hydrogen (secondary N) is 4. The van der Waals surface area contributed by atoms with Crippen molar-refractivity contribution in [2.24, 2.45) is 10.2 Å². The van der Waals surface area contributed by atoms with Crippen LogP contribution in [0.3, 0.4) is 0 Å². The third-order valence-electron chi connectivity index (χ3n) is 18.4. The third-order valence-corrected chi connectivity index (χ3v) is 18.4. The van der Waals surface area contributed by atoms with Crippen molar-refractivity contribution in [3.63, 3.8) is 0 Å². The zero-order chi connectivity index (χ0) is 70.9. The Kier molecular flexibility index (Phi) is 21.0. The van der Waals surface area contributed by atoms with Gasteiger partial charge in [-0.15, -0.1) is 0 Å². The smallest absolute Gasteiger partial charge is 0.252 e. The highest BCUT2D eigenvalue weighted by Gasteiger charge is 2.61. The van der Waals surface area contributed by atoms with Gasteiger partial charge in [0, 0.05) is 26.2 Å². The van der Waals surface area contributed by atoms with Crippen molar-refractivity contribution in [3.8, 4) is 0 Å². The Morgan fingerprint density at radius 3 is 0.745 bits per heavy atom. The lowest BCUT2D eigenvalue weighted by Crippen LogP contribution is -2.45. The molecule has 0 saturated carbocycles. The maximum atomic E-state index is 14.1. The minimum Gasteiger partial charge on any atom is -0.367 e. The molecule has 4 amide bonds. The summed E-state index contributed by atoms with van der Waals surface area (Å²) in [6, 6.07) is 49.0. The van der Waals surface area contributed by atoms with Gasteiger partial charge < -0.3 is 97.1 Å². The molecule has 540 valence electrons. The summed E-state index contributed by atoms with van der Waals surface area (Å²) in [5.74, 6) is -5.81. The van der Waals surface area contributed by atoms with Crippen LogP contribution >= 0.6 is 0 Å². The molecule has 14 rings (SSSR count). The maximum absolute atomic E-state index is 14.1. The van der Waals surface area contributed by atoms with Gasteiger partial charge in [0.1, 0.15) is 48.8 Å². The molecule has 6 aromatic rings. The predicted octanol–water partition coefficient (Wildman–Crippen LogP) is 8.41. The Balaban J connectivity index is 0.773. The first-order valence-electron chi connectivity index (χ1n) is 34.5. The summed E-state index contributed by atoms with van der Waals surface area (Å²) in [4.78, 5) is 56.4. The van der Waals surface area contributed by atoms with Gasteiger partial charge in [0.2, 0.25) is 0 Å². The fraction of sp³-hybridized carbons (Fsp3) is 0.474. The molecule has 0 bridgehead atoms. The highest BCUT2D eigenvalue weighted by molar-refractivity contribution is 5.83. The second kappa shape index (κ2) is 30.1. The molecule has 0 spiro atoms. The Hall–Kier alpha value is -7.84. The number of nitrogens with zero attached hydrogens (tertiary/aromatic N) is 2. The average Bonchev–Trinajstić information content (AvgIpc) is 1.63. The molecule has 0 aromatic heterocycles. The van der Waals surface area contributed by atoms with Crippen molar-refractivity contribution < 1.29 is 95.0 Å². The number of fused-ring (bicyclic) bond motifs is 4. The third kappa shape index (κ3) is 16.9. The van der Waals surface area contributed by atoms with Crippen molar-refractivity contribution in [1.82, 2.24) is 21.3 Å². The Morgan fingerprint density at radius 2 is 0.529 bits per heavy atom. The molecule has 6 aromatic carbocycles. The molecule has 8 fully saturated rings.